The maximum Gasteiger partial charge on any atom is 0.417 e. The second-order valence-corrected chi connectivity index (χ2v) is 7.63. The SMILES string of the molecule is O=C(Nc1ccccc1)NS(=O)(=O)c1cc(Nc2ccccn2)ccc1C(F)(F)F. The lowest BCUT2D eigenvalue weighted by Crippen LogP contribution is -2.35. The average Bonchev–Trinajstić information content (AvgIpc) is 2.68. The van der Waals surface area contributed by atoms with Crippen molar-refractivity contribution < 1.29 is 26.4 Å². The molecule has 1 aromatic heterocycles. The Morgan fingerprint density at radius 1 is 0.900 bits per heavy atom. The van der Waals surface area contributed by atoms with Gasteiger partial charge in [0.2, 0.25) is 0 Å². The molecule has 1 heterocycles. The molecule has 156 valence electrons. The number of aromatic nitrogens is 1. The fraction of sp³-hybridized carbons (Fsp3) is 0.0526. The summed E-state index contributed by atoms with van der Waals surface area (Å²) in [7, 11) is -4.85. The normalized spacial score (nSPS) is 11.6. The van der Waals surface area contributed by atoms with Gasteiger partial charge in [-0.2, -0.15) is 13.2 Å². The van der Waals surface area contributed by atoms with Gasteiger partial charge in [-0.3, -0.25) is 0 Å². The Hall–Kier alpha value is -3.60. The molecule has 0 aliphatic carbocycles. The van der Waals surface area contributed by atoms with Crippen LogP contribution in [0.4, 0.5) is 35.2 Å². The number of halogens is 3. The van der Waals surface area contributed by atoms with Gasteiger partial charge in [0.05, 0.1) is 5.56 Å². The van der Waals surface area contributed by atoms with Crippen molar-refractivity contribution in [3.8, 4) is 0 Å². The van der Waals surface area contributed by atoms with E-state index in [0.29, 0.717) is 11.9 Å². The zero-order valence-electron chi connectivity index (χ0n) is 15.1. The molecule has 11 heteroatoms. The van der Waals surface area contributed by atoms with Crippen molar-refractivity contribution in [1.29, 1.82) is 0 Å². The summed E-state index contributed by atoms with van der Waals surface area (Å²) >= 11 is 0. The van der Waals surface area contributed by atoms with Gasteiger partial charge >= 0.3 is 12.2 Å². The number of rotatable bonds is 5. The van der Waals surface area contributed by atoms with E-state index in [0.717, 1.165) is 12.1 Å². The van der Waals surface area contributed by atoms with Crippen molar-refractivity contribution >= 4 is 33.2 Å². The number of amides is 2. The summed E-state index contributed by atoms with van der Waals surface area (Å²) < 4.78 is 67.0. The van der Waals surface area contributed by atoms with Gasteiger partial charge in [0, 0.05) is 17.6 Å². The van der Waals surface area contributed by atoms with Crippen molar-refractivity contribution in [3.63, 3.8) is 0 Å². The summed E-state index contributed by atoms with van der Waals surface area (Å²) in [5.74, 6) is 0.301. The van der Waals surface area contributed by atoms with E-state index in [4.69, 9.17) is 0 Å². The van der Waals surface area contributed by atoms with E-state index < -0.39 is 32.7 Å². The topological polar surface area (TPSA) is 100 Å². The van der Waals surface area contributed by atoms with E-state index in [1.165, 1.54) is 18.3 Å². The highest BCUT2D eigenvalue weighted by molar-refractivity contribution is 7.90. The third-order valence-corrected chi connectivity index (χ3v) is 5.14. The number of urea groups is 1. The van der Waals surface area contributed by atoms with Crippen LogP contribution in [0.3, 0.4) is 0 Å². The standard InChI is InChI=1S/C19H15F3N4O3S/c20-19(21,22)15-10-9-14(24-17-8-4-5-11-23-17)12-16(15)30(28,29)26-18(27)25-13-6-2-1-3-7-13/h1-12H,(H,23,24)(H2,25,26,27). The molecule has 0 fully saturated rings. The zero-order valence-corrected chi connectivity index (χ0v) is 16.0. The molecule has 2 amide bonds. The van der Waals surface area contributed by atoms with Crippen molar-refractivity contribution in [2.45, 2.75) is 11.1 Å². The third-order valence-electron chi connectivity index (χ3n) is 3.77. The van der Waals surface area contributed by atoms with Gasteiger partial charge in [0.15, 0.2) is 0 Å². The second kappa shape index (κ2) is 8.41. The van der Waals surface area contributed by atoms with Gasteiger partial charge in [0.25, 0.3) is 10.0 Å². The molecule has 2 aromatic carbocycles. The molecule has 0 aliphatic heterocycles. The van der Waals surface area contributed by atoms with Crippen LogP contribution in [0.15, 0.2) is 77.8 Å². The molecule has 3 N–H and O–H groups in total. The average molecular weight is 436 g/mol. The van der Waals surface area contributed by atoms with E-state index in [9.17, 15) is 26.4 Å². The third kappa shape index (κ3) is 5.26. The first-order valence-electron chi connectivity index (χ1n) is 8.43. The Morgan fingerprint density at radius 2 is 1.60 bits per heavy atom. The lowest BCUT2D eigenvalue weighted by molar-refractivity contribution is -0.139. The molecular formula is C19H15F3N4O3S. The lowest BCUT2D eigenvalue weighted by atomic mass is 10.2. The van der Waals surface area contributed by atoms with Crippen LogP contribution in [0.2, 0.25) is 0 Å². The predicted molar refractivity (Wildman–Crippen MR) is 105 cm³/mol. The number of hydrogen-bond donors (Lipinski definition) is 3. The van der Waals surface area contributed by atoms with Crippen molar-refractivity contribution in [2.24, 2.45) is 0 Å². The molecule has 0 bridgehead atoms. The fourth-order valence-corrected chi connectivity index (χ4v) is 3.66. The lowest BCUT2D eigenvalue weighted by Gasteiger charge is -2.16. The van der Waals surface area contributed by atoms with Crippen LogP contribution < -0.4 is 15.4 Å². The van der Waals surface area contributed by atoms with Crippen LogP contribution in [-0.4, -0.2) is 19.4 Å². The largest absolute Gasteiger partial charge is 0.417 e. The quantitative estimate of drug-likeness (QED) is 0.552. The molecule has 0 aliphatic rings. The first kappa shape index (κ1) is 21.1. The number of carbonyl (C=O) groups excluding carboxylic acids is 1. The van der Waals surface area contributed by atoms with Crippen LogP contribution in [0.5, 0.6) is 0 Å². The van der Waals surface area contributed by atoms with Gasteiger partial charge in [-0.05, 0) is 42.5 Å². The maximum atomic E-state index is 13.4. The first-order valence-corrected chi connectivity index (χ1v) is 9.92. The molecule has 30 heavy (non-hydrogen) atoms. The van der Waals surface area contributed by atoms with Crippen molar-refractivity contribution in [1.82, 2.24) is 9.71 Å². The van der Waals surface area contributed by atoms with Crippen LogP contribution in [0.25, 0.3) is 0 Å². The summed E-state index contributed by atoms with van der Waals surface area (Å²) in [6.07, 6.45) is -3.50. The molecule has 3 aromatic rings. The molecule has 0 unspecified atom stereocenters. The van der Waals surface area contributed by atoms with E-state index in [1.807, 2.05) is 0 Å². The van der Waals surface area contributed by atoms with Gasteiger partial charge in [0.1, 0.15) is 10.7 Å². The minimum absolute atomic E-state index is 0.0468. The molecule has 0 saturated heterocycles. The summed E-state index contributed by atoms with van der Waals surface area (Å²) in [5, 5.41) is 4.96. The maximum absolute atomic E-state index is 13.4. The van der Waals surface area contributed by atoms with Gasteiger partial charge < -0.3 is 10.6 Å². The Kier molecular flexibility index (Phi) is 5.92. The predicted octanol–water partition coefficient (Wildman–Crippen LogP) is 4.35. The highest BCUT2D eigenvalue weighted by atomic mass is 32.2. The molecule has 0 spiro atoms. The molecule has 3 rings (SSSR count). The smallest absolute Gasteiger partial charge is 0.340 e. The first-order chi connectivity index (χ1) is 14.1. The van der Waals surface area contributed by atoms with E-state index in [2.05, 4.69) is 15.6 Å². The minimum atomic E-state index is -4.95. The van der Waals surface area contributed by atoms with Gasteiger partial charge in [-0.1, -0.05) is 24.3 Å². The molecule has 0 atom stereocenters. The van der Waals surface area contributed by atoms with Gasteiger partial charge in [-0.15, -0.1) is 0 Å². The number of anilines is 3. The molecule has 0 radical (unpaired) electrons. The number of sulfonamides is 1. The van der Waals surface area contributed by atoms with Crippen LogP contribution in [0.1, 0.15) is 5.56 Å². The number of para-hydroxylation sites is 1. The summed E-state index contributed by atoms with van der Waals surface area (Å²) in [4.78, 5) is 14.9. The number of benzene rings is 2. The summed E-state index contributed by atoms with van der Waals surface area (Å²) in [6.45, 7) is 0. The van der Waals surface area contributed by atoms with Crippen molar-refractivity contribution in [3.05, 3.63) is 78.5 Å². The fourth-order valence-electron chi connectivity index (χ4n) is 2.50. The summed E-state index contributed by atoms with van der Waals surface area (Å²) in [5.41, 5.74) is -1.09. The monoisotopic (exact) mass is 436 g/mol. The van der Waals surface area contributed by atoms with Crippen LogP contribution in [0, 0.1) is 0 Å². The minimum Gasteiger partial charge on any atom is -0.340 e. The van der Waals surface area contributed by atoms with Crippen LogP contribution >= 0.6 is 0 Å². The van der Waals surface area contributed by atoms with Crippen LogP contribution in [-0.2, 0) is 16.2 Å². The molecule has 0 saturated carbocycles. The Labute approximate surface area is 170 Å². The van der Waals surface area contributed by atoms with E-state index in [-0.39, 0.29) is 11.4 Å². The molecule has 7 nitrogen and oxygen atoms in total. The van der Waals surface area contributed by atoms with Gasteiger partial charge in [-0.25, -0.2) is 22.9 Å². The number of nitrogens with zero attached hydrogens (tertiary/aromatic N) is 1. The Bertz CT molecular complexity index is 1140. The number of alkyl halides is 3. The highest BCUT2D eigenvalue weighted by Gasteiger charge is 2.38. The number of carbonyl (C=O) groups is 1. The Morgan fingerprint density at radius 3 is 2.23 bits per heavy atom. The van der Waals surface area contributed by atoms with E-state index in [1.54, 1.807) is 41.1 Å². The van der Waals surface area contributed by atoms with Crippen molar-refractivity contribution in [2.75, 3.05) is 10.6 Å². The highest BCUT2D eigenvalue weighted by Crippen LogP contribution is 2.36. The number of nitrogens with one attached hydrogen (secondary N) is 3. The zero-order chi connectivity index (χ0) is 21.8. The summed E-state index contributed by atoms with van der Waals surface area (Å²) in [6, 6.07) is 14.0. The van der Waals surface area contributed by atoms with E-state index >= 15 is 0 Å². The number of pyridine rings is 1. The Balaban J connectivity index is 1.92. The molecular weight excluding hydrogens is 421 g/mol. The number of hydrogen-bond acceptors (Lipinski definition) is 5. The second-order valence-electron chi connectivity index (χ2n) is 5.97.